The van der Waals surface area contributed by atoms with E-state index < -0.39 is 47.7 Å². The van der Waals surface area contributed by atoms with Gasteiger partial charge in [-0.15, -0.1) is 22.7 Å². The van der Waals surface area contributed by atoms with E-state index in [0.717, 1.165) is 78.8 Å². The fourth-order valence-electron chi connectivity index (χ4n) is 14.3. The molecule has 0 bridgehead atoms. The van der Waals surface area contributed by atoms with E-state index in [-0.39, 0.29) is 127 Å². The number of carbonyl (C=O) groups is 8. The summed E-state index contributed by atoms with van der Waals surface area (Å²) in [5.41, 5.74) is -0.434. The molecule has 0 radical (unpaired) electrons. The van der Waals surface area contributed by atoms with Gasteiger partial charge in [0.2, 0.25) is 35.4 Å². The first-order chi connectivity index (χ1) is 44.9. The highest BCUT2D eigenvalue weighted by molar-refractivity contribution is 7.12. The van der Waals surface area contributed by atoms with Gasteiger partial charge in [-0.1, -0.05) is 113 Å². The Kier molecular flexibility index (Phi) is 24.6. The standard InChI is InChI=1S/C69H92Cl2N10O10S2/c1-4-59(82)76-31-27-46(28-32-76)61(74-48-16-7-5-8-17-48)65(86)81-38-36-79(68(89)91-58-24-14-12-22-54(58)71)45-56(81)64(85)73-43-52-26-25-50(93-52)40-69(2,3)41-60(83)77-33-29-47(30-34-77)62(75-49-18-9-6-10-19-49)66(87)80-37-35-78(67(88)90-57-23-13-11-21-53(57)70)44-55(80)63(84)72-42-51-20-15-39-92-51/h11-15,20-26,39,46-49,55-56,61-62,74-75H,4-10,16-19,27-38,40-45H2,1-3H3,(H,72,84)(H,73,85)/t55-,56-,61+,62+/m0/s1. The molecule has 24 heteroatoms. The quantitative estimate of drug-likeness (QED) is 0.0612. The van der Waals surface area contributed by atoms with Gasteiger partial charge in [0, 0.05) is 91.9 Å². The molecule has 6 fully saturated rings. The van der Waals surface area contributed by atoms with E-state index in [1.807, 2.05) is 46.4 Å². The topological polar surface area (TPSA) is 223 Å². The van der Waals surface area contributed by atoms with Gasteiger partial charge in [0.1, 0.15) is 12.1 Å². The number of nitrogens with zero attached hydrogens (tertiary/aromatic N) is 6. The van der Waals surface area contributed by atoms with Crippen molar-refractivity contribution < 1.29 is 47.8 Å². The number of hydrogen-bond donors (Lipinski definition) is 4. The third-order valence-electron chi connectivity index (χ3n) is 19.6. The van der Waals surface area contributed by atoms with Gasteiger partial charge in [0.15, 0.2) is 11.5 Å². The number of halogens is 2. The number of ether oxygens (including phenoxy) is 2. The summed E-state index contributed by atoms with van der Waals surface area (Å²) in [5.74, 6) is -0.721. The fourth-order valence-corrected chi connectivity index (χ4v) is 16.5. The average Bonchev–Trinajstić information content (AvgIpc) is 1.54. The van der Waals surface area contributed by atoms with Gasteiger partial charge < -0.3 is 60.1 Å². The summed E-state index contributed by atoms with van der Waals surface area (Å²) in [6, 6.07) is 18.4. The molecule has 4 aromatic rings. The first-order valence-electron chi connectivity index (χ1n) is 33.7. The molecule has 504 valence electrons. The molecule has 10 rings (SSSR count). The maximum Gasteiger partial charge on any atom is 0.415 e. The lowest BCUT2D eigenvalue weighted by atomic mass is 9.83. The van der Waals surface area contributed by atoms with E-state index in [1.165, 1.54) is 21.1 Å². The van der Waals surface area contributed by atoms with Crippen LogP contribution in [0, 0.1) is 17.3 Å². The molecule has 6 heterocycles. The summed E-state index contributed by atoms with van der Waals surface area (Å²) in [6.45, 7) is 9.01. The summed E-state index contributed by atoms with van der Waals surface area (Å²) >= 11 is 15.8. The lowest BCUT2D eigenvalue weighted by molar-refractivity contribution is -0.147. The molecule has 4 aliphatic heterocycles. The van der Waals surface area contributed by atoms with Crippen molar-refractivity contribution in [3.05, 3.63) is 103 Å². The van der Waals surface area contributed by atoms with Gasteiger partial charge in [-0.2, -0.15) is 0 Å². The summed E-state index contributed by atoms with van der Waals surface area (Å²) in [6.07, 6.45) is 12.9. The number of carbonyl (C=O) groups excluding carboxylic acids is 8. The van der Waals surface area contributed by atoms with Crippen molar-refractivity contribution in [3.8, 4) is 11.5 Å². The van der Waals surface area contributed by atoms with Crippen LogP contribution in [0.5, 0.6) is 11.5 Å². The van der Waals surface area contributed by atoms with Crippen molar-refractivity contribution in [2.24, 2.45) is 17.3 Å². The Balaban J connectivity index is 0.766. The van der Waals surface area contributed by atoms with Crippen LogP contribution >= 0.6 is 45.9 Å². The molecule has 4 saturated heterocycles. The number of nitrogens with one attached hydrogen (secondary N) is 4. The zero-order valence-corrected chi connectivity index (χ0v) is 57.1. The van der Waals surface area contributed by atoms with Crippen molar-refractivity contribution in [1.82, 2.24) is 50.7 Å². The van der Waals surface area contributed by atoms with Gasteiger partial charge in [-0.3, -0.25) is 28.8 Å². The first kappa shape index (κ1) is 69.5. The van der Waals surface area contributed by atoms with E-state index >= 15 is 9.59 Å². The van der Waals surface area contributed by atoms with Crippen molar-refractivity contribution in [1.29, 1.82) is 0 Å². The summed E-state index contributed by atoms with van der Waals surface area (Å²) < 4.78 is 11.4. The van der Waals surface area contributed by atoms with Gasteiger partial charge in [-0.05, 0) is 123 Å². The lowest BCUT2D eigenvalue weighted by Gasteiger charge is -2.44. The minimum absolute atomic E-state index is 0.0393. The van der Waals surface area contributed by atoms with Crippen LogP contribution < -0.4 is 30.7 Å². The minimum atomic E-state index is -1.02. The number of amides is 8. The normalized spacial score (nSPS) is 20.6. The van der Waals surface area contributed by atoms with Crippen LogP contribution in [0.3, 0.4) is 0 Å². The number of rotatable bonds is 21. The third kappa shape index (κ3) is 18.6. The molecule has 93 heavy (non-hydrogen) atoms. The first-order valence-corrected chi connectivity index (χ1v) is 36.1. The zero-order valence-electron chi connectivity index (χ0n) is 54.0. The third-order valence-corrected chi connectivity index (χ3v) is 22.2. The largest absolute Gasteiger partial charge is 0.415 e. The maximum absolute atomic E-state index is 15.2. The summed E-state index contributed by atoms with van der Waals surface area (Å²) in [4.78, 5) is 127. The Morgan fingerprint density at radius 1 is 0.527 bits per heavy atom. The molecular formula is C69H92Cl2N10O10S2. The molecule has 0 spiro atoms. The van der Waals surface area contributed by atoms with Crippen molar-refractivity contribution in [2.45, 2.75) is 179 Å². The molecule has 2 saturated carbocycles. The smallest absolute Gasteiger partial charge is 0.409 e. The Hall–Kier alpha value is -6.30. The molecule has 6 aliphatic rings. The maximum atomic E-state index is 15.2. The number of thiophene rings is 2. The van der Waals surface area contributed by atoms with Crippen LogP contribution in [0.15, 0.2) is 78.2 Å². The molecular weight excluding hydrogens is 1260 g/mol. The van der Waals surface area contributed by atoms with Gasteiger partial charge in [0.05, 0.1) is 48.3 Å². The molecule has 0 unspecified atom stereocenters. The van der Waals surface area contributed by atoms with Crippen molar-refractivity contribution in [2.75, 3.05) is 65.4 Å². The van der Waals surface area contributed by atoms with Crippen molar-refractivity contribution in [3.63, 3.8) is 0 Å². The number of piperazine rings is 2. The Morgan fingerprint density at radius 2 is 0.978 bits per heavy atom. The van der Waals surface area contributed by atoms with Crippen molar-refractivity contribution >= 4 is 93.5 Å². The molecule has 8 amide bonds. The average molecular weight is 1360 g/mol. The highest BCUT2D eigenvalue weighted by Gasteiger charge is 2.46. The summed E-state index contributed by atoms with van der Waals surface area (Å²) in [7, 11) is 0. The van der Waals surface area contributed by atoms with Gasteiger partial charge >= 0.3 is 12.2 Å². The highest BCUT2D eigenvalue weighted by atomic mass is 35.5. The van der Waals surface area contributed by atoms with Gasteiger partial charge in [-0.25, -0.2) is 9.59 Å². The second-order valence-corrected chi connectivity index (χ2v) is 29.8. The SMILES string of the molecule is CCC(=O)N1CCC([C@@H](NC2CCCCC2)C(=O)N2CCN(C(=O)Oc3ccccc3Cl)C[C@H]2C(=O)NCc2ccc(CC(C)(C)CC(=O)N3CCC([C@@H](NC4CCCCC4)C(=O)N4CCN(C(=O)Oc5ccccc5Cl)C[C@H]4C(=O)NCc4cccs4)CC3)s2)CC1. The Morgan fingerprint density at radius 3 is 1.43 bits per heavy atom. The number of piperidine rings is 2. The molecule has 2 aliphatic carbocycles. The fraction of sp³-hybridized carbons (Fsp3) is 0.594. The molecule has 4 N–H and O–H groups in total. The number of likely N-dealkylation sites (tertiary alicyclic amines) is 2. The van der Waals surface area contributed by atoms with E-state index in [1.54, 1.807) is 69.7 Å². The van der Waals surface area contributed by atoms with Crippen LogP contribution in [0.2, 0.25) is 10.0 Å². The predicted octanol–water partition coefficient (Wildman–Crippen LogP) is 9.90. The zero-order chi connectivity index (χ0) is 65.6. The summed E-state index contributed by atoms with van der Waals surface area (Å²) in [5, 5.41) is 16.2. The van der Waals surface area contributed by atoms with Crippen LogP contribution in [0.1, 0.15) is 138 Å². The number of hydrogen-bond acceptors (Lipinski definition) is 14. The number of benzene rings is 2. The van der Waals surface area contributed by atoms with Crippen LogP contribution in [0.25, 0.3) is 0 Å². The van der Waals surface area contributed by atoms with Crippen LogP contribution in [-0.2, 0) is 48.3 Å². The van der Waals surface area contributed by atoms with E-state index in [9.17, 15) is 28.8 Å². The van der Waals surface area contributed by atoms with Gasteiger partial charge in [0.25, 0.3) is 0 Å². The monoisotopic (exact) mass is 1350 g/mol. The molecule has 4 atom stereocenters. The minimum Gasteiger partial charge on any atom is -0.409 e. The highest BCUT2D eigenvalue weighted by Crippen LogP contribution is 2.35. The van der Waals surface area contributed by atoms with Crippen LogP contribution in [0.4, 0.5) is 9.59 Å². The number of para-hydroxylation sites is 2. The molecule has 2 aromatic heterocycles. The second kappa shape index (κ2) is 32.9. The Labute approximate surface area is 565 Å². The predicted molar refractivity (Wildman–Crippen MR) is 360 cm³/mol. The van der Waals surface area contributed by atoms with E-state index in [0.29, 0.717) is 71.1 Å². The lowest BCUT2D eigenvalue weighted by Crippen LogP contribution is -2.66. The molecule has 20 nitrogen and oxygen atoms in total. The molecule has 2 aromatic carbocycles. The van der Waals surface area contributed by atoms with Crippen LogP contribution in [-0.4, -0.2) is 179 Å². The van der Waals surface area contributed by atoms with E-state index in [4.69, 9.17) is 32.7 Å². The second-order valence-electron chi connectivity index (χ2n) is 26.7. The Bertz CT molecular complexity index is 3220. The van der Waals surface area contributed by atoms with E-state index in [2.05, 4.69) is 35.1 Å².